The highest BCUT2D eigenvalue weighted by atomic mass is 15.0. The van der Waals surface area contributed by atoms with Crippen LogP contribution in [0.15, 0.2) is 182 Å². The molecule has 0 unspecified atom stereocenters. The van der Waals surface area contributed by atoms with Crippen LogP contribution in [-0.4, -0.2) is 9.13 Å². The van der Waals surface area contributed by atoms with Crippen LogP contribution in [0, 0.1) is 22.7 Å². The second-order valence-corrected chi connectivity index (χ2v) is 14.3. The molecule has 0 spiro atoms. The fourth-order valence-corrected chi connectivity index (χ4v) is 8.93. The Balaban J connectivity index is 1.29. The first-order valence-corrected chi connectivity index (χ1v) is 18.7. The minimum absolute atomic E-state index is 0.621. The summed E-state index contributed by atoms with van der Waals surface area (Å²) >= 11 is 0. The first-order valence-electron chi connectivity index (χ1n) is 18.7. The van der Waals surface area contributed by atoms with Crippen molar-refractivity contribution in [2.75, 3.05) is 0 Å². The molecule has 0 atom stereocenters. The molecule has 0 aliphatic heterocycles. The molecule has 258 valence electrons. The minimum Gasteiger partial charge on any atom is -0.309 e. The zero-order chi connectivity index (χ0) is 37.3. The Kier molecular flexibility index (Phi) is 6.95. The summed E-state index contributed by atoms with van der Waals surface area (Å²) in [5.74, 6) is 0. The second-order valence-electron chi connectivity index (χ2n) is 14.3. The molecule has 11 rings (SSSR count). The Bertz CT molecular complexity index is 3140. The minimum atomic E-state index is 0.621. The number of nitriles is 2. The highest BCUT2D eigenvalue weighted by Crippen LogP contribution is 2.46. The van der Waals surface area contributed by atoms with Crippen molar-refractivity contribution in [3.8, 4) is 45.8 Å². The first-order chi connectivity index (χ1) is 27.7. The number of hydrogen-bond acceptors (Lipinski definition) is 2. The van der Waals surface area contributed by atoms with Crippen LogP contribution >= 0.6 is 0 Å². The summed E-state index contributed by atoms with van der Waals surface area (Å²) in [6, 6.07) is 68.6. The van der Waals surface area contributed by atoms with Gasteiger partial charge in [0.1, 0.15) is 0 Å². The Morgan fingerprint density at radius 1 is 0.304 bits per heavy atom. The summed E-state index contributed by atoms with van der Waals surface area (Å²) in [6.45, 7) is 0. The molecule has 0 amide bonds. The summed E-state index contributed by atoms with van der Waals surface area (Å²) in [5.41, 5.74) is 12.3. The van der Waals surface area contributed by atoms with Gasteiger partial charge in [0.25, 0.3) is 0 Å². The number of rotatable bonds is 4. The zero-order valence-corrected chi connectivity index (χ0v) is 30.1. The van der Waals surface area contributed by atoms with Crippen LogP contribution < -0.4 is 0 Å². The predicted octanol–water partition coefficient (Wildman–Crippen LogP) is 13.3. The van der Waals surface area contributed by atoms with E-state index in [9.17, 15) is 10.5 Å². The second kappa shape index (κ2) is 12.3. The Morgan fingerprint density at radius 3 is 0.946 bits per heavy atom. The number of benzene rings is 9. The van der Waals surface area contributed by atoms with Gasteiger partial charge >= 0.3 is 0 Å². The topological polar surface area (TPSA) is 57.4 Å². The average Bonchev–Trinajstić information content (AvgIpc) is 3.78. The van der Waals surface area contributed by atoms with Gasteiger partial charge in [-0.3, -0.25) is 0 Å². The van der Waals surface area contributed by atoms with E-state index in [0.717, 1.165) is 77.2 Å². The third kappa shape index (κ3) is 4.64. The molecule has 0 fully saturated rings. The summed E-state index contributed by atoms with van der Waals surface area (Å²) in [7, 11) is 0. The molecule has 0 saturated carbocycles. The number of hydrogen-bond donors (Lipinski definition) is 0. The van der Waals surface area contributed by atoms with E-state index < -0.39 is 0 Å². The quantitative estimate of drug-likeness (QED) is 0.171. The van der Waals surface area contributed by atoms with Crippen LogP contribution in [0.4, 0.5) is 0 Å². The molecule has 0 N–H and O–H groups in total. The predicted molar refractivity (Wildman–Crippen MR) is 230 cm³/mol. The molecule has 2 heterocycles. The maximum Gasteiger partial charge on any atom is 0.0991 e. The number of nitrogens with zero attached hydrogens (tertiary/aromatic N) is 4. The third-order valence-corrected chi connectivity index (χ3v) is 11.4. The Labute approximate surface area is 322 Å². The monoisotopic (exact) mass is 710 g/mol. The molecule has 11 aromatic rings. The maximum absolute atomic E-state index is 9.75. The van der Waals surface area contributed by atoms with E-state index in [1.54, 1.807) is 0 Å². The van der Waals surface area contributed by atoms with Crippen molar-refractivity contribution in [2.45, 2.75) is 0 Å². The molecular formula is C52H30N4. The average molecular weight is 711 g/mol. The van der Waals surface area contributed by atoms with Crippen molar-refractivity contribution in [2.24, 2.45) is 0 Å². The first kappa shape index (κ1) is 31.6. The number of para-hydroxylation sites is 4. The maximum atomic E-state index is 9.75. The van der Waals surface area contributed by atoms with Crippen LogP contribution in [0.1, 0.15) is 11.1 Å². The van der Waals surface area contributed by atoms with Crippen LogP contribution in [0.5, 0.6) is 0 Å². The van der Waals surface area contributed by atoms with Gasteiger partial charge in [-0.25, -0.2) is 0 Å². The van der Waals surface area contributed by atoms with Gasteiger partial charge < -0.3 is 9.13 Å². The molecule has 9 aromatic carbocycles. The van der Waals surface area contributed by atoms with Gasteiger partial charge in [-0.15, -0.1) is 0 Å². The lowest BCUT2D eigenvalue weighted by atomic mass is 9.85. The van der Waals surface area contributed by atoms with E-state index in [4.69, 9.17) is 0 Å². The molecular weight excluding hydrogens is 681 g/mol. The van der Waals surface area contributed by atoms with Gasteiger partial charge in [0, 0.05) is 32.9 Å². The van der Waals surface area contributed by atoms with E-state index in [1.165, 1.54) is 21.5 Å². The summed E-state index contributed by atoms with van der Waals surface area (Å²) in [6.07, 6.45) is 0. The van der Waals surface area contributed by atoms with E-state index in [2.05, 4.69) is 179 Å². The van der Waals surface area contributed by atoms with Crippen molar-refractivity contribution < 1.29 is 0 Å². The largest absolute Gasteiger partial charge is 0.309 e. The molecule has 4 nitrogen and oxygen atoms in total. The van der Waals surface area contributed by atoms with Crippen molar-refractivity contribution in [1.82, 2.24) is 9.13 Å². The summed E-state index contributed by atoms with van der Waals surface area (Å²) in [4.78, 5) is 0. The number of fused-ring (bicyclic) bond motifs is 8. The van der Waals surface area contributed by atoms with Crippen LogP contribution in [0.25, 0.3) is 98.8 Å². The zero-order valence-electron chi connectivity index (χ0n) is 30.1. The molecule has 0 aliphatic carbocycles. The third-order valence-electron chi connectivity index (χ3n) is 11.4. The van der Waals surface area contributed by atoms with Gasteiger partial charge in [-0.1, -0.05) is 109 Å². The van der Waals surface area contributed by atoms with Gasteiger partial charge in [-0.05, 0) is 117 Å². The molecule has 56 heavy (non-hydrogen) atoms. The van der Waals surface area contributed by atoms with E-state index in [0.29, 0.717) is 11.1 Å². The highest BCUT2D eigenvalue weighted by molar-refractivity contribution is 6.22. The van der Waals surface area contributed by atoms with Crippen molar-refractivity contribution >= 4 is 65.2 Å². The number of aromatic nitrogens is 2. The van der Waals surface area contributed by atoms with Crippen LogP contribution in [0.2, 0.25) is 0 Å². The van der Waals surface area contributed by atoms with Gasteiger partial charge in [0.2, 0.25) is 0 Å². The smallest absolute Gasteiger partial charge is 0.0991 e. The van der Waals surface area contributed by atoms with Crippen molar-refractivity contribution in [1.29, 1.82) is 10.5 Å². The van der Waals surface area contributed by atoms with Crippen LogP contribution in [0.3, 0.4) is 0 Å². The standard InChI is InChI=1S/C52H30N4/c53-31-33-17-21-35(22-18-33)51-44-28-26-38(56-49-15-7-3-11-41(49)42-12-4-8-16-50(42)56)30-46(44)52(36-23-19-34(32-54)20-24-36)43-27-25-37(29-45(43)51)55-47-13-5-1-9-39(47)40-10-2-6-14-48(40)55/h1-30H. The fourth-order valence-electron chi connectivity index (χ4n) is 8.93. The Hall–Kier alpha value is -7.92. The normalized spacial score (nSPS) is 11.5. The van der Waals surface area contributed by atoms with Crippen molar-refractivity contribution in [3.63, 3.8) is 0 Å². The molecule has 0 radical (unpaired) electrons. The highest BCUT2D eigenvalue weighted by Gasteiger charge is 2.21. The van der Waals surface area contributed by atoms with E-state index >= 15 is 0 Å². The SMILES string of the molecule is N#Cc1ccc(-c2c3ccc(-n4c5ccccc5c5ccccc54)cc3c(-c3ccc(C#N)cc3)c3ccc(-n4c5ccccc5c5ccccc54)cc23)cc1. The molecule has 0 aliphatic rings. The lowest BCUT2D eigenvalue weighted by Gasteiger charge is -2.20. The van der Waals surface area contributed by atoms with Gasteiger partial charge in [0.05, 0.1) is 45.3 Å². The summed E-state index contributed by atoms with van der Waals surface area (Å²) < 4.78 is 4.73. The molecule has 4 heteroatoms. The van der Waals surface area contributed by atoms with Gasteiger partial charge in [-0.2, -0.15) is 10.5 Å². The van der Waals surface area contributed by atoms with Crippen molar-refractivity contribution in [3.05, 3.63) is 193 Å². The van der Waals surface area contributed by atoms with Gasteiger partial charge in [0.15, 0.2) is 0 Å². The molecule has 0 saturated heterocycles. The molecule has 0 bridgehead atoms. The fraction of sp³-hybridized carbons (Fsp3) is 0. The van der Waals surface area contributed by atoms with Crippen LogP contribution in [-0.2, 0) is 0 Å². The Morgan fingerprint density at radius 2 is 0.625 bits per heavy atom. The van der Waals surface area contributed by atoms with E-state index in [-0.39, 0.29) is 0 Å². The summed E-state index contributed by atoms with van der Waals surface area (Å²) in [5, 5.41) is 28.8. The lowest BCUT2D eigenvalue weighted by molar-refractivity contribution is 1.18. The molecule has 2 aromatic heterocycles. The lowest BCUT2D eigenvalue weighted by Crippen LogP contribution is -1.98. The van der Waals surface area contributed by atoms with E-state index in [1.807, 2.05) is 24.3 Å².